The number of halogens is 1. The molecule has 0 bridgehead atoms. The van der Waals surface area contributed by atoms with E-state index < -0.39 is 0 Å². The van der Waals surface area contributed by atoms with Crippen LogP contribution in [0, 0.1) is 6.92 Å². The SMILES string of the molecule is Cc1ccc(N(C)C(=O)[C@@H]2CCCCN2)cc1.Cl. The lowest BCUT2D eigenvalue weighted by Crippen LogP contribution is -2.47. The highest BCUT2D eigenvalue weighted by Crippen LogP contribution is 2.17. The monoisotopic (exact) mass is 268 g/mol. The van der Waals surface area contributed by atoms with Crippen LogP contribution in [0.3, 0.4) is 0 Å². The molecule has 0 aliphatic carbocycles. The van der Waals surface area contributed by atoms with E-state index in [-0.39, 0.29) is 24.4 Å². The average molecular weight is 269 g/mol. The van der Waals surface area contributed by atoms with E-state index in [9.17, 15) is 4.79 Å². The van der Waals surface area contributed by atoms with Gasteiger partial charge in [-0.3, -0.25) is 4.79 Å². The second kappa shape index (κ2) is 6.76. The Kier molecular flexibility index (Phi) is 5.63. The van der Waals surface area contributed by atoms with Gasteiger partial charge in [-0.25, -0.2) is 0 Å². The lowest BCUT2D eigenvalue weighted by Gasteiger charge is -2.27. The Morgan fingerprint density at radius 3 is 2.50 bits per heavy atom. The van der Waals surface area contributed by atoms with Gasteiger partial charge in [0.05, 0.1) is 6.04 Å². The van der Waals surface area contributed by atoms with Gasteiger partial charge in [0.1, 0.15) is 0 Å². The quantitative estimate of drug-likeness (QED) is 0.894. The molecule has 1 aromatic rings. The molecule has 1 N–H and O–H groups in total. The normalized spacial score (nSPS) is 18.9. The number of benzene rings is 1. The molecule has 0 saturated carbocycles. The summed E-state index contributed by atoms with van der Waals surface area (Å²) < 4.78 is 0. The van der Waals surface area contributed by atoms with Crippen LogP contribution < -0.4 is 10.2 Å². The Labute approximate surface area is 115 Å². The van der Waals surface area contributed by atoms with Crippen molar-refractivity contribution in [3.8, 4) is 0 Å². The molecular weight excluding hydrogens is 248 g/mol. The first kappa shape index (κ1) is 15.0. The van der Waals surface area contributed by atoms with E-state index in [1.807, 2.05) is 38.2 Å². The topological polar surface area (TPSA) is 32.3 Å². The Hall–Kier alpha value is -1.06. The van der Waals surface area contributed by atoms with E-state index >= 15 is 0 Å². The zero-order valence-corrected chi connectivity index (χ0v) is 11.8. The number of carbonyl (C=O) groups is 1. The van der Waals surface area contributed by atoms with E-state index in [2.05, 4.69) is 5.32 Å². The van der Waals surface area contributed by atoms with Gasteiger partial charge < -0.3 is 10.2 Å². The van der Waals surface area contributed by atoms with Gasteiger partial charge >= 0.3 is 0 Å². The maximum atomic E-state index is 12.2. The summed E-state index contributed by atoms with van der Waals surface area (Å²) in [4.78, 5) is 14.0. The lowest BCUT2D eigenvalue weighted by atomic mass is 10.0. The lowest BCUT2D eigenvalue weighted by molar-refractivity contribution is -0.120. The van der Waals surface area contributed by atoms with Crippen LogP contribution in [0.2, 0.25) is 0 Å². The molecule has 4 heteroatoms. The van der Waals surface area contributed by atoms with Gasteiger partial charge in [-0.2, -0.15) is 0 Å². The van der Waals surface area contributed by atoms with Gasteiger partial charge in [0.2, 0.25) is 5.91 Å². The number of aryl methyl sites for hydroxylation is 1. The maximum Gasteiger partial charge on any atom is 0.243 e. The van der Waals surface area contributed by atoms with Crippen molar-refractivity contribution in [2.24, 2.45) is 0 Å². The number of rotatable bonds is 2. The van der Waals surface area contributed by atoms with Crippen molar-refractivity contribution < 1.29 is 4.79 Å². The minimum atomic E-state index is -0.00458. The molecule has 0 unspecified atom stereocenters. The highest BCUT2D eigenvalue weighted by molar-refractivity contribution is 5.96. The third-order valence-corrected chi connectivity index (χ3v) is 3.36. The predicted octanol–water partition coefficient (Wildman–Crippen LogP) is 2.52. The fourth-order valence-corrected chi connectivity index (χ4v) is 2.19. The summed E-state index contributed by atoms with van der Waals surface area (Å²) in [5, 5.41) is 3.29. The standard InChI is InChI=1S/C14H20N2O.ClH/c1-11-6-8-12(9-7-11)16(2)14(17)13-5-3-4-10-15-13;/h6-9,13,15H,3-5,10H2,1-2H3;1H/t13-;/m0./s1. The molecule has 2 rings (SSSR count). The summed E-state index contributed by atoms with van der Waals surface area (Å²) in [6.45, 7) is 3.01. The molecule has 0 aromatic heterocycles. The zero-order chi connectivity index (χ0) is 12.3. The number of carbonyl (C=O) groups excluding carboxylic acids is 1. The molecule has 1 amide bonds. The number of anilines is 1. The smallest absolute Gasteiger partial charge is 0.243 e. The van der Waals surface area contributed by atoms with Gasteiger partial charge in [-0.1, -0.05) is 24.1 Å². The average Bonchev–Trinajstić information content (AvgIpc) is 2.39. The minimum absolute atomic E-state index is 0. The second-order valence-corrected chi connectivity index (χ2v) is 4.74. The third kappa shape index (κ3) is 3.47. The molecule has 1 aliphatic rings. The number of amides is 1. The van der Waals surface area contributed by atoms with Crippen molar-refractivity contribution in [3.05, 3.63) is 29.8 Å². The van der Waals surface area contributed by atoms with Crippen LogP contribution in [0.25, 0.3) is 0 Å². The second-order valence-electron chi connectivity index (χ2n) is 4.74. The van der Waals surface area contributed by atoms with Gasteiger partial charge in [-0.05, 0) is 38.4 Å². The molecule has 100 valence electrons. The number of hydrogen-bond donors (Lipinski definition) is 1. The number of likely N-dealkylation sites (N-methyl/N-ethyl adjacent to an activating group) is 1. The van der Waals surface area contributed by atoms with Gasteiger partial charge in [0.15, 0.2) is 0 Å². The first-order chi connectivity index (χ1) is 8.18. The van der Waals surface area contributed by atoms with Crippen LogP contribution in [0.5, 0.6) is 0 Å². The van der Waals surface area contributed by atoms with E-state index in [1.165, 1.54) is 12.0 Å². The highest BCUT2D eigenvalue weighted by atomic mass is 35.5. The summed E-state index contributed by atoms with van der Waals surface area (Å²) in [6, 6.07) is 8.06. The van der Waals surface area contributed by atoms with Crippen molar-refractivity contribution in [3.63, 3.8) is 0 Å². The highest BCUT2D eigenvalue weighted by Gasteiger charge is 2.24. The fourth-order valence-electron chi connectivity index (χ4n) is 2.19. The van der Waals surface area contributed by atoms with Crippen LogP contribution in [-0.4, -0.2) is 25.5 Å². The first-order valence-electron chi connectivity index (χ1n) is 6.26. The summed E-state index contributed by atoms with van der Waals surface area (Å²) in [5.74, 6) is 0.175. The van der Waals surface area contributed by atoms with Crippen LogP contribution in [0.15, 0.2) is 24.3 Å². The van der Waals surface area contributed by atoms with Crippen LogP contribution in [0.1, 0.15) is 24.8 Å². The fraction of sp³-hybridized carbons (Fsp3) is 0.500. The molecule has 1 fully saturated rings. The molecule has 0 spiro atoms. The van der Waals surface area contributed by atoms with Crippen LogP contribution >= 0.6 is 12.4 Å². The van der Waals surface area contributed by atoms with Crippen molar-refractivity contribution in [1.82, 2.24) is 5.32 Å². The van der Waals surface area contributed by atoms with Gasteiger partial charge in [-0.15, -0.1) is 12.4 Å². The molecule has 1 atom stereocenters. The Morgan fingerprint density at radius 1 is 1.28 bits per heavy atom. The number of nitrogens with one attached hydrogen (secondary N) is 1. The summed E-state index contributed by atoms with van der Waals surface area (Å²) in [7, 11) is 1.85. The summed E-state index contributed by atoms with van der Waals surface area (Å²) >= 11 is 0. The van der Waals surface area contributed by atoms with E-state index in [0.717, 1.165) is 25.1 Å². The largest absolute Gasteiger partial charge is 0.314 e. The van der Waals surface area contributed by atoms with Gasteiger partial charge in [0.25, 0.3) is 0 Å². The molecular formula is C14H21ClN2O. The number of piperidine rings is 1. The third-order valence-electron chi connectivity index (χ3n) is 3.36. The molecule has 0 radical (unpaired) electrons. The molecule has 1 saturated heterocycles. The van der Waals surface area contributed by atoms with E-state index in [0.29, 0.717) is 0 Å². The van der Waals surface area contributed by atoms with E-state index in [1.54, 1.807) is 4.90 Å². The number of nitrogens with zero attached hydrogens (tertiary/aromatic N) is 1. The molecule has 3 nitrogen and oxygen atoms in total. The van der Waals surface area contributed by atoms with Crippen molar-refractivity contribution in [2.75, 3.05) is 18.5 Å². The summed E-state index contributed by atoms with van der Waals surface area (Å²) in [6.07, 6.45) is 3.28. The van der Waals surface area contributed by atoms with Crippen LogP contribution in [0.4, 0.5) is 5.69 Å². The maximum absolute atomic E-state index is 12.2. The molecule has 1 aliphatic heterocycles. The van der Waals surface area contributed by atoms with Crippen LogP contribution in [-0.2, 0) is 4.79 Å². The zero-order valence-electron chi connectivity index (χ0n) is 11.0. The van der Waals surface area contributed by atoms with Gasteiger partial charge in [0, 0.05) is 12.7 Å². The Morgan fingerprint density at radius 2 is 1.94 bits per heavy atom. The Bertz CT molecular complexity index is 385. The molecule has 1 heterocycles. The minimum Gasteiger partial charge on any atom is -0.314 e. The first-order valence-corrected chi connectivity index (χ1v) is 6.26. The van der Waals surface area contributed by atoms with Crippen molar-refractivity contribution in [1.29, 1.82) is 0 Å². The molecule has 1 aromatic carbocycles. The van der Waals surface area contributed by atoms with Crippen molar-refractivity contribution in [2.45, 2.75) is 32.2 Å². The predicted molar refractivity (Wildman–Crippen MR) is 77.5 cm³/mol. The van der Waals surface area contributed by atoms with E-state index in [4.69, 9.17) is 0 Å². The van der Waals surface area contributed by atoms with Crippen molar-refractivity contribution >= 4 is 24.0 Å². The number of hydrogen-bond acceptors (Lipinski definition) is 2. The Balaban J connectivity index is 0.00000162. The molecule has 18 heavy (non-hydrogen) atoms. The summed E-state index contributed by atoms with van der Waals surface area (Å²) in [5.41, 5.74) is 2.18.